The number of carbonyl (C=O) groups excluding carboxylic acids is 2. The maximum Gasteiger partial charge on any atom is 0.326 e. The molecule has 36 heavy (non-hydrogen) atoms. The molecule has 10 nitrogen and oxygen atoms in total. The summed E-state index contributed by atoms with van der Waals surface area (Å²) in [5.41, 5.74) is 3.34. The van der Waals surface area contributed by atoms with E-state index in [1.807, 2.05) is 6.07 Å². The molecule has 188 valence electrons. The molecule has 2 aliphatic heterocycles. The summed E-state index contributed by atoms with van der Waals surface area (Å²) in [5, 5.41) is 15.0. The van der Waals surface area contributed by atoms with Gasteiger partial charge in [0.05, 0.1) is 24.1 Å². The lowest BCUT2D eigenvalue weighted by Gasteiger charge is -2.38. The molecule has 3 amide bonds. The van der Waals surface area contributed by atoms with Gasteiger partial charge in [0.1, 0.15) is 11.5 Å². The van der Waals surface area contributed by atoms with Crippen molar-refractivity contribution >= 4 is 40.8 Å². The van der Waals surface area contributed by atoms with E-state index < -0.39 is 11.9 Å². The summed E-state index contributed by atoms with van der Waals surface area (Å²) < 4.78 is 7.67. The van der Waals surface area contributed by atoms with E-state index in [1.54, 1.807) is 28.1 Å². The van der Waals surface area contributed by atoms with E-state index in [4.69, 9.17) is 9.72 Å². The van der Waals surface area contributed by atoms with Crippen LogP contribution in [0.25, 0.3) is 23.0 Å². The van der Waals surface area contributed by atoms with E-state index in [0.717, 1.165) is 43.0 Å². The highest BCUT2D eigenvalue weighted by Gasteiger charge is 2.28. The maximum absolute atomic E-state index is 12.1. The van der Waals surface area contributed by atoms with Crippen LogP contribution < -0.4 is 16.0 Å². The second-order valence-electron chi connectivity index (χ2n) is 9.87. The van der Waals surface area contributed by atoms with Crippen molar-refractivity contribution in [3.05, 3.63) is 39.8 Å². The van der Waals surface area contributed by atoms with Crippen LogP contribution in [0.5, 0.6) is 0 Å². The molecule has 3 atom stereocenters. The number of imide groups is 1. The van der Waals surface area contributed by atoms with Crippen molar-refractivity contribution in [2.24, 2.45) is 0 Å². The third kappa shape index (κ3) is 4.49. The number of hydrogen-bond acceptors (Lipinski definition) is 8. The van der Waals surface area contributed by atoms with Crippen LogP contribution in [0.4, 0.5) is 10.6 Å². The molecule has 0 bridgehead atoms. The maximum atomic E-state index is 12.1. The number of nitrogens with zero attached hydrogens (tertiary/aromatic N) is 4. The van der Waals surface area contributed by atoms with Crippen LogP contribution in [0.1, 0.15) is 50.1 Å². The van der Waals surface area contributed by atoms with Gasteiger partial charge in [0.25, 0.3) is 5.91 Å². The highest BCUT2D eigenvalue weighted by atomic mass is 32.1. The van der Waals surface area contributed by atoms with Crippen molar-refractivity contribution in [3.63, 3.8) is 0 Å². The van der Waals surface area contributed by atoms with Crippen LogP contribution in [-0.2, 0) is 9.53 Å². The summed E-state index contributed by atoms with van der Waals surface area (Å²) in [6.07, 6.45) is 5.97. The third-order valence-electron chi connectivity index (χ3n) is 6.77. The van der Waals surface area contributed by atoms with E-state index in [0.29, 0.717) is 17.3 Å². The van der Waals surface area contributed by atoms with E-state index in [9.17, 15) is 9.59 Å². The fourth-order valence-corrected chi connectivity index (χ4v) is 5.82. The van der Waals surface area contributed by atoms with E-state index >= 15 is 0 Å². The lowest BCUT2D eigenvalue weighted by molar-refractivity contribution is -0.115. The van der Waals surface area contributed by atoms with Crippen molar-refractivity contribution < 1.29 is 14.3 Å². The second kappa shape index (κ2) is 8.99. The van der Waals surface area contributed by atoms with Gasteiger partial charge in [-0.1, -0.05) is 0 Å². The average Bonchev–Trinajstić information content (AvgIpc) is 3.22. The Hall–Kier alpha value is -3.28. The molecule has 6 rings (SSSR count). The largest absolute Gasteiger partial charge is 0.373 e. The Kier molecular flexibility index (Phi) is 5.78. The number of anilines is 1. The molecule has 3 aromatic rings. The number of morpholine rings is 1. The third-order valence-corrected chi connectivity index (χ3v) is 7.87. The van der Waals surface area contributed by atoms with Gasteiger partial charge in [-0.15, -0.1) is 11.3 Å². The van der Waals surface area contributed by atoms with Crippen LogP contribution in [0, 0.1) is 0 Å². The Labute approximate surface area is 212 Å². The Morgan fingerprint density at radius 3 is 2.67 bits per heavy atom. The molecule has 3 unspecified atom stereocenters. The number of urea groups is 1. The first-order valence-electron chi connectivity index (χ1n) is 12.3. The van der Waals surface area contributed by atoms with Crippen molar-refractivity contribution in [1.29, 1.82) is 0 Å². The van der Waals surface area contributed by atoms with Crippen molar-refractivity contribution in [3.8, 4) is 11.3 Å². The number of carbonyl (C=O) groups is 2. The van der Waals surface area contributed by atoms with Crippen molar-refractivity contribution in [2.45, 2.75) is 57.9 Å². The van der Waals surface area contributed by atoms with Crippen LogP contribution in [-0.4, -0.2) is 62.8 Å². The van der Waals surface area contributed by atoms with E-state index in [-0.39, 0.29) is 23.9 Å². The quantitative estimate of drug-likeness (QED) is 0.346. The smallest absolute Gasteiger partial charge is 0.326 e. The zero-order chi connectivity index (χ0) is 25.0. The predicted molar refractivity (Wildman–Crippen MR) is 138 cm³/mol. The van der Waals surface area contributed by atoms with Crippen LogP contribution in [0.3, 0.4) is 0 Å². The Morgan fingerprint density at radius 1 is 1.19 bits per heavy atom. The molecule has 0 radical (unpaired) electrons. The number of ether oxygens (including phenoxy) is 1. The predicted octanol–water partition coefficient (Wildman–Crippen LogP) is 3.38. The lowest BCUT2D eigenvalue weighted by Crippen LogP contribution is -2.46. The number of rotatable bonds is 6. The van der Waals surface area contributed by atoms with Gasteiger partial charge in [-0.25, -0.2) is 9.78 Å². The minimum absolute atomic E-state index is 0.180. The number of thiophene rings is 1. The molecule has 5 heterocycles. The highest BCUT2D eigenvalue weighted by molar-refractivity contribution is 7.10. The topological polar surface area (TPSA) is 113 Å². The van der Waals surface area contributed by atoms with E-state index in [1.165, 1.54) is 4.88 Å². The normalized spacial score (nSPS) is 24.8. The highest BCUT2D eigenvalue weighted by Crippen LogP contribution is 2.35. The fraction of sp³-hybridized carbons (Fsp3) is 0.440. The molecule has 1 aliphatic carbocycles. The summed E-state index contributed by atoms with van der Waals surface area (Å²) in [6, 6.07) is 4.44. The number of aromatic nitrogens is 3. The molecule has 0 spiro atoms. The standard InChI is InChI=1S/C25H29N7O3S/c1-13-10-31(11-14(2)35-13)15(3)21-7-17(12-36-21)19-8-22(27-18-4-5-18)32-23(28-19)16(9-26-32)6-20-24(33)30-25(34)29-20/h6-9,12-15,18,27H,4-5,10-11H2,1-3H3,(H2,29,30,33,34)/b20-6-. The second-order valence-corrected chi connectivity index (χ2v) is 10.8. The number of nitrogens with one attached hydrogen (secondary N) is 3. The van der Waals surface area contributed by atoms with Gasteiger partial charge in [-0.2, -0.15) is 9.61 Å². The monoisotopic (exact) mass is 507 g/mol. The fourth-order valence-electron chi connectivity index (χ4n) is 4.83. The van der Waals surface area contributed by atoms with Gasteiger partial charge < -0.3 is 15.4 Å². The van der Waals surface area contributed by atoms with Gasteiger partial charge in [0, 0.05) is 52.6 Å². The number of hydrogen-bond donors (Lipinski definition) is 3. The van der Waals surface area contributed by atoms with Crippen molar-refractivity contribution in [1.82, 2.24) is 30.1 Å². The van der Waals surface area contributed by atoms with Gasteiger partial charge in [-0.3, -0.25) is 15.0 Å². The molecule has 2 saturated heterocycles. The molecule has 3 N–H and O–H groups in total. The zero-order valence-corrected chi connectivity index (χ0v) is 21.3. The molecule has 3 aromatic heterocycles. The lowest BCUT2D eigenvalue weighted by atomic mass is 10.1. The van der Waals surface area contributed by atoms with Gasteiger partial charge in [0.2, 0.25) is 0 Å². The molecular weight excluding hydrogens is 478 g/mol. The molecule has 1 saturated carbocycles. The van der Waals surface area contributed by atoms with Crippen LogP contribution in [0.15, 0.2) is 29.4 Å². The minimum Gasteiger partial charge on any atom is -0.373 e. The van der Waals surface area contributed by atoms with Gasteiger partial charge in [-0.05, 0) is 45.8 Å². The summed E-state index contributed by atoms with van der Waals surface area (Å²) >= 11 is 1.74. The summed E-state index contributed by atoms with van der Waals surface area (Å²) in [7, 11) is 0. The summed E-state index contributed by atoms with van der Waals surface area (Å²) in [4.78, 5) is 32.3. The number of amides is 3. The van der Waals surface area contributed by atoms with Gasteiger partial charge >= 0.3 is 6.03 Å². The summed E-state index contributed by atoms with van der Waals surface area (Å²) in [5.74, 6) is 0.397. The zero-order valence-electron chi connectivity index (χ0n) is 20.4. The molecule has 3 fully saturated rings. The van der Waals surface area contributed by atoms with Crippen LogP contribution in [0.2, 0.25) is 0 Å². The number of fused-ring (bicyclic) bond motifs is 1. The first-order chi connectivity index (χ1) is 17.3. The molecule has 3 aliphatic rings. The molecule has 0 aromatic carbocycles. The van der Waals surface area contributed by atoms with Gasteiger partial charge in [0.15, 0.2) is 5.65 Å². The Morgan fingerprint density at radius 2 is 1.97 bits per heavy atom. The first-order valence-corrected chi connectivity index (χ1v) is 13.2. The van der Waals surface area contributed by atoms with Crippen molar-refractivity contribution in [2.75, 3.05) is 18.4 Å². The Bertz CT molecular complexity index is 1370. The van der Waals surface area contributed by atoms with Crippen LogP contribution >= 0.6 is 11.3 Å². The SMILES string of the molecule is CC1CN(C(C)c2cc(-c3cc(NC4CC4)n4ncc(/C=C5\NC(=O)NC5=O)c4n3)cs2)CC(C)O1. The first kappa shape index (κ1) is 23.1. The van der Waals surface area contributed by atoms with E-state index in [2.05, 4.69) is 58.2 Å². The Balaban J connectivity index is 1.35. The molecule has 11 heteroatoms. The summed E-state index contributed by atoms with van der Waals surface area (Å²) in [6.45, 7) is 8.33. The minimum atomic E-state index is -0.531. The molecular formula is C25H29N7O3S. The average molecular weight is 508 g/mol.